The summed E-state index contributed by atoms with van der Waals surface area (Å²) >= 11 is 0. The number of sulfonamides is 1. The highest BCUT2D eigenvalue weighted by Crippen LogP contribution is 2.30. The molecule has 7 nitrogen and oxygen atoms in total. The van der Waals surface area contributed by atoms with E-state index in [0.29, 0.717) is 0 Å². The monoisotopic (exact) mass is 453 g/mol. The Labute approximate surface area is 184 Å². The minimum atomic E-state index is -4.12. The van der Waals surface area contributed by atoms with Crippen LogP contribution in [0.5, 0.6) is 0 Å². The van der Waals surface area contributed by atoms with Gasteiger partial charge in [-0.3, -0.25) is 9.59 Å². The maximum Gasteiger partial charge on any atom is 0.250 e. The van der Waals surface area contributed by atoms with E-state index < -0.39 is 33.7 Å². The van der Waals surface area contributed by atoms with E-state index in [1.807, 2.05) is 12.1 Å². The van der Waals surface area contributed by atoms with Crippen molar-refractivity contribution < 1.29 is 22.4 Å². The Hall–Kier alpha value is -3.56. The zero-order valence-corrected chi connectivity index (χ0v) is 17.7. The number of fused-ring (bicyclic) bond motifs is 1. The maximum atomic E-state index is 13.4. The molecule has 2 amide bonds. The average Bonchev–Trinajstić information content (AvgIpc) is 2.78. The summed E-state index contributed by atoms with van der Waals surface area (Å²) < 4.78 is 41.3. The van der Waals surface area contributed by atoms with Crippen molar-refractivity contribution in [3.05, 3.63) is 95.3 Å². The molecule has 0 saturated heterocycles. The topological polar surface area (TPSA) is 110 Å². The van der Waals surface area contributed by atoms with Gasteiger partial charge in [0.05, 0.1) is 16.1 Å². The van der Waals surface area contributed by atoms with E-state index in [1.165, 1.54) is 24.3 Å². The van der Waals surface area contributed by atoms with Gasteiger partial charge in [-0.25, -0.2) is 12.8 Å². The van der Waals surface area contributed by atoms with Crippen molar-refractivity contribution >= 4 is 27.5 Å². The van der Waals surface area contributed by atoms with Crippen molar-refractivity contribution in [3.63, 3.8) is 0 Å². The zero-order valence-electron chi connectivity index (χ0n) is 16.9. The minimum absolute atomic E-state index is 0.0224. The van der Waals surface area contributed by atoms with Crippen LogP contribution in [-0.2, 0) is 27.8 Å². The first-order chi connectivity index (χ1) is 15.3. The lowest BCUT2D eigenvalue weighted by Gasteiger charge is -2.35. The van der Waals surface area contributed by atoms with Crippen LogP contribution in [0.2, 0.25) is 0 Å². The van der Waals surface area contributed by atoms with Crippen LogP contribution in [-0.4, -0.2) is 30.6 Å². The van der Waals surface area contributed by atoms with Gasteiger partial charge in [0.2, 0.25) is 15.9 Å². The largest absolute Gasteiger partial charge is 0.366 e. The third-order valence-electron chi connectivity index (χ3n) is 5.38. The first-order valence-corrected chi connectivity index (χ1v) is 11.3. The molecule has 1 aliphatic heterocycles. The predicted molar refractivity (Wildman–Crippen MR) is 117 cm³/mol. The summed E-state index contributed by atoms with van der Waals surface area (Å²) in [5, 5.41) is 2.65. The molecule has 1 aliphatic rings. The summed E-state index contributed by atoms with van der Waals surface area (Å²) in [6, 6.07) is 16.9. The fourth-order valence-corrected chi connectivity index (χ4v) is 5.31. The second-order valence-corrected chi connectivity index (χ2v) is 9.28. The van der Waals surface area contributed by atoms with Crippen LogP contribution in [0.15, 0.2) is 77.7 Å². The minimum Gasteiger partial charge on any atom is -0.366 e. The van der Waals surface area contributed by atoms with Gasteiger partial charge in [0.1, 0.15) is 11.9 Å². The van der Waals surface area contributed by atoms with Gasteiger partial charge in [-0.05, 0) is 53.9 Å². The quantitative estimate of drug-likeness (QED) is 0.619. The Morgan fingerprint density at radius 2 is 1.56 bits per heavy atom. The Morgan fingerprint density at radius 1 is 0.938 bits per heavy atom. The molecule has 4 rings (SSSR count). The molecule has 0 aliphatic carbocycles. The average molecular weight is 453 g/mol. The number of rotatable bonds is 5. The third-order valence-corrected chi connectivity index (χ3v) is 7.25. The molecule has 0 bridgehead atoms. The van der Waals surface area contributed by atoms with Crippen molar-refractivity contribution in [1.82, 2.24) is 4.31 Å². The number of hydrogen-bond acceptors (Lipinski definition) is 4. The van der Waals surface area contributed by atoms with Crippen molar-refractivity contribution in [2.75, 3.05) is 5.32 Å². The maximum absolute atomic E-state index is 13.4. The van der Waals surface area contributed by atoms with Gasteiger partial charge in [-0.2, -0.15) is 4.31 Å². The molecule has 3 aromatic carbocycles. The second kappa shape index (κ2) is 8.52. The highest BCUT2D eigenvalue weighted by molar-refractivity contribution is 7.89. The molecule has 9 heteroatoms. The van der Waals surface area contributed by atoms with Gasteiger partial charge >= 0.3 is 0 Å². The number of amides is 2. The lowest BCUT2D eigenvalue weighted by Crippen LogP contribution is -2.50. The molecule has 0 radical (unpaired) electrons. The number of nitrogens with two attached hydrogens (primary N) is 1. The summed E-state index contributed by atoms with van der Waals surface area (Å²) in [5.74, 6) is -1.88. The van der Waals surface area contributed by atoms with Gasteiger partial charge in [0.15, 0.2) is 0 Å². The van der Waals surface area contributed by atoms with Crippen LogP contribution < -0.4 is 11.1 Å². The summed E-state index contributed by atoms with van der Waals surface area (Å²) in [7, 11) is -4.12. The Balaban J connectivity index is 1.73. The molecule has 32 heavy (non-hydrogen) atoms. The molecule has 3 aromatic rings. The molecule has 0 saturated carbocycles. The van der Waals surface area contributed by atoms with E-state index >= 15 is 0 Å². The molecule has 0 aromatic heterocycles. The summed E-state index contributed by atoms with van der Waals surface area (Å²) in [5.41, 5.74) is 7.33. The van der Waals surface area contributed by atoms with Crippen molar-refractivity contribution in [1.29, 1.82) is 0 Å². The van der Waals surface area contributed by atoms with Crippen LogP contribution in [0, 0.1) is 5.82 Å². The van der Waals surface area contributed by atoms with Gasteiger partial charge < -0.3 is 11.1 Å². The van der Waals surface area contributed by atoms with E-state index in [0.717, 1.165) is 27.6 Å². The van der Waals surface area contributed by atoms with E-state index in [9.17, 15) is 22.4 Å². The van der Waals surface area contributed by atoms with Crippen LogP contribution in [0.4, 0.5) is 10.1 Å². The first kappa shape index (κ1) is 21.7. The molecule has 1 heterocycles. The van der Waals surface area contributed by atoms with E-state index in [4.69, 9.17) is 5.73 Å². The number of hydrogen-bond donors (Lipinski definition) is 2. The van der Waals surface area contributed by atoms with Gasteiger partial charge in [-0.15, -0.1) is 0 Å². The van der Waals surface area contributed by atoms with Gasteiger partial charge in [-0.1, -0.05) is 36.4 Å². The lowest BCUT2D eigenvalue weighted by atomic mass is 9.95. The van der Waals surface area contributed by atoms with Crippen molar-refractivity contribution in [3.8, 4) is 0 Å². The van der Waals surface area contributed by atoms with Crippen LogP contribution in [0.3, 0.4) is 0 Å². The Bertz CT molecular complexity index is 1290. The number of para-hydroxylation sites is 1. The lowest BCUT2D eigenvalue weighted by molar-refractivity contribution is -0.120. The van der Waals surface area contributed by atoms with E-state index in [1.54, 1.807) is 24.3 Å². The van der Waals surface area contributed by atoms with Crippen LogP contribution in [0.25, 0.3) is 0 Å². The fraction of sp³-hybridized carbons (Fsp3) is 0.130. The smallest absolute Gasteiger partial charge is 0.250 e. The normalized spacial score (nSPS) is 16.2. The highest BCUT2D eigenvalue weighted by atomic mass is 32.2. The van der Waals surface area contributed by atoms with E-state index in [-0.39, 0.29) is 29.1 Å². The Kier molecular flexibility index (Phi) is 5.77. The number of anilines is 1. The van der Waals surface area contributed by atoms with Crippen molar-refractivity contribution in [2.24, 2.45) is 5.73 Å². The summed E-state index contributed by atoms with van der Waals surface area (Å²) in [6.45, 7) is -0.0224. The van der Waals surface area contributed by atoms with Gasteiger partial charge in [0, 0.05) is 6.54 Å². The molecule has 1 unspecified atom stereocenters. The molecule has 0 fully saturated rings. The van der Waals surface area contributed by atoms with Crippen LogP contribution >= 0.6 is 0 Å². The number of primary amides is 1. The summed E-state index contributed by atoms with van der Waals surface area (Å²) in [6.07, 6.45) is 0.140. The number of carbonyl (C=O) groups excluding carboxylic acids is 2. The van der Waals surface area contributed by atoms with Crippen molar-refractivity contribution in [2.45, 2.75) is 23.9 Å². The highest BCUT2D eigenvalue weighted by Gasteiger charge is 2.39. The molecule has 164 valence electrons. The molecule has 3 N–H and O–H groups in total. The van der Waals surface area contributed by atoms with Gasteiger partial charge in [0.25, 0.3) is 5.91 Å². The number of benzene rings is 3. The molecule has 0 spiro atoms. The third kappa shape index (κ3) is 4.12. The predicted octanol–water partition coefficient (Wildman–Crippen LogP) is 2.68. The molecular formula is C23H20FN3O4S. The number of nitrogens with one attached hydrogen (secondary N) is 1. The number of nitrogens with zero attached hydrogens (tertiary/aromatic N) is 1. The fourth-order valence-electron chi connectivity index (χ4n) is 3.74. The SMILES string of the molecule is NC(=O)c1ccccc1NC(=O)C1Cc2ccccc2CN1S(=O)(=O)c1ccc(F)cc1. The number of carbonyl (C=O) groups is 2. The number of halogens is 1. The zero-order chi connectivity index (χ0) is 22.9. The van der Waals surface area contributed by atoms with E-state index in [2.05, 4.69) is 5.32 Å². The van der Waals surface area contributed by atoms with Crippen LogP contribution in [0.1, 0.15) is 21.5 Å². The first-order valence-electron chi connectivity index (χ1n) is 9.81. The Morgan fingerprint density at radius 3 is 2.25 bits per heavy atom. The molecule has 1 atom stereocenters. The standard InChI is InChI=1S/C23H20FN3O4S/c24-17-9-11-18(12-10-17)32(30,31)27-14-16-6-2-1-5-15(16)13-21(27)23(29)26-20-8-4-3-7-19(20)22(25)28/h1-12,21H,13-14H2,(H2,25,28)(H,26,29). The second-order valence-electron chi connectivity index (χ2n) is 7.39. The molecular weight excluding hydrogens is 433 g/mol. The summed E-state index contributed by atoms with van der Waals surface area (Å²) in [4.78, 5) is 24.9.